The second-order valence-corrected chi connectivity index (χ2v) is 3.55. The van der Waals surface area contributed by atoms with Gasteiger partial charge in [0.2, 0.25) is 0 Å². The third kappa shape index (κ3) is 2.46. The number of carbonyl (C=O) groups is 1. The van der Waals surface area contributed by atoms with Gasteiger partial charge in [-0.15, -0.1) is 0 Å². The van der Waals surface area contributed by atoms with Crippen LogP contribution in [0.1, 0.15) is 19.8 Å². The fraction of sp³-hybridized carbons (Fsp3) is 0.875. The molecule has 0 aromatic carbocycles. The molecule has 4 heteroatoms. The summed E-state index contributed by atoms with van der Waals surface area (Å²) < 4.78 is 4.80. The molecule has 1 atom stereocenters. The molecule has 70 valence electrons. The lowest BCUT2D eigenvalue weighted by atomic mass is 10.2. The highest BCUT2D eigenvalue weighted by molar-refractivity contribution is 5.73. The highest BCUT2D eigenvalue weighted by Gasteiger charge is 2.40. The van der Waals surface area contributed by atoms with Gasteiger partial charge in [-0.05, 0) is 19.8 Å². The van der Waals surface area contributed by atoms with Gasteiger partial charge < -0.3 is 9.84 Å². The molecule has 0 heterocycles. The zero-order valence-electron chi connectivity index (χ0n) is 7.46. The number of carboxylic acids is 1. The third-order valence-electron chi connectivity index (χ3n) is 2.15. The Morgan fingerprint density at radius 2 is 2.33 bits per heavy atom. The molecule has 4 nitrogen and oxygen atoms in total. The summed E-state index contributed by atoms with van der Waals surface area (Å²) >= 11 is 0. The maximum atomic E-state index is 10.7. The van der Waals surface area contributed by atoms with Crippen LogP contribution in [0.25, 0.3) is 0 Å². The molecule has 0 amide bonds. The highest BCUT2D eigenvalue weighted by atomic mass is 16.5. The van der Waals surface area contributed by atoms with Gasteiger partial charge in [0.1, 0.15) is 6.04 Å². The standard InChI is InChI=1S/C8H15NO3/c1-8(3-4-8)9-6(5-12-2)7(10)11/h6,9H,3-5H2,1-2H3,(H,10,11). The lowest BCUT2D eigenvalue weighted by Crippen LogP contribution is -2.46. The Morgan fingerprint density at radius 1 is 1.75 bits per heavy atom. The van der Waals surface area contributed by atoms with E-state index in [0.717, 1.165) is 12.8 Å². The summed E-state index contributed by atoms with van der Waals surface area (Å²) in [6, 6.07) is -0.567. The van der Waals surface area contributed by atoms with Crippen molar-refractivity contribution < 1.29 is 14.6 Å². The van der Waals surface area contributed by atoms with Crippen molar-refractivity contribution >= 4 is 5.97 Å². The van der Waals surface area contributed by atoms with E-state index in [-0.39, 0.29) is 12.1 Å². The number of carboxylic acid groups (broad SMARTS) is 1. The molecule has 0 spiro atoms. The summed E-state index contributed by atoms with van der Waals surface area (Å²) in [6.07, 6.45) is 2.11. The Kier molecular flexibility index (Phi) is 2.69. The Hall–Kier alpha value is -0.610. The molecular formula is C8H15NO3. The predicted octanol–water partition coefficient (Wildman–Crippen LogP) is 0.228. The molecule has 0 aromatic rings. The van der Waals surface area contributed by atoms with E-state index in [1.54, 1.807) is 0 Å². The van der Waals surface area contributed by atoms with Crippen molar-refractivity contribution in [1.29, 1.82) is 0 Å². The van der Waals surface area contributed by atoms with Gasteiger partial charge in [-0.25, -0.2) is 0 Å². The topological polar surface area (TPSA) is 58.6 Å². The van der Waals surface area contributed by atoms with Crippen LogP contribution in [0.2, 0.25) is 0 Å². The SMILES string of the molecule is COCC(NC1(C)CC1)C(=O)O. The quantitative estimate of drug-likeness (QED) is 0.624. The second-order valence-electron chi connectivity index (χ2n) is 3.55. The van der Waals surface area contributed by atoms with Crippen LogP contribution in [0.4, 0.5) is 0 Å². The molecule has 0 saturated heterocycles. The van der Waals surface area contributed by atoms with Crippen LogP contribution in [0.5, 0.6) is 0 Å². The largest absolute Gasteiger partial charge is 0.480 e. The Labute approximate surface area is 71.9 Å². The van der Waals surface area contributed by atoms with Gasteiger partial charge in [-0.3, -0.25) is 10.1 Å². The van der Waals surface area contributed by atoms with E-state index in [4.69, 9.17) is 9.84 Å². The average Bonchev–Trinajstić information content (AvgIpc) is 2.67. The summed E-state index contributed by atoms with van der Waals surface area (Å²) in [5.74, 6) is -0.843. The Bertz CT molecular complexity index is 177. The van der Waals surface area contributed by atoms with Gasteiger partial charge >= 0.3 is 5.97 Å². The number of rotatable bonds is 5. The highest BCUT2D eigenvalue weighted by Crippen LogP contribution is 2.34. The first-order chi connectivity index (χ1) is 5.57. The van der Waals surface area contributed by atoms with E-state index in [9.17, 15) is 4.79 Å². The van der Waals surface area contributed by atoms with Crippen molar-refractivity contribution in [3.05, 3.63) is 0 Å². The molecule has 1 rings (SSSR count). The molecule has 0 aliphatic heterocycles. The Balaban J connectivity index is 2.37. The fourth-order valence-corrected chi connectivity index (χ4v) is 1.09. The minimum absolute atomic E-state index is 0.0432. The van der Waals surface area contributed by atoms with Gasteiger partial charge in [-0.2, -0.15) is 0 Å². The van der Waals surface area contributed by atoms with Crippen LogP contribution in [0, 0.1) is 0 Å². The van der Waals surface area contributed by atoms with E-state index in [1.807, 2.05) is 6.92 Å². The van der Waals surface area contributed by atoms with Crippen LogP contribution >= 0.6 is 0 Å². The minimum Gasteiger partial charge on any atom is -0.480 e. The number of nitrogens with one attached hydrogen (secondary N) is 1. The summed E-state index contributed by atoms with van der Waals surface area (Å²) in [5.41, 5.74) is 0.0432. The molecule has 0 bridgehead atoms. The molecule has 12 heavy (non-hydrogen) atoms. The van der Waals surface area contributed by atoms with Crippen molar-refractivity contribution in [1.82, 2.24) is 5.32 Å². The summed E-state index contributed by atoms with van der Waals surface area (Å²) in [4.78, 5) is 10.7. The first-order valence-corrected chi connectivity index (χ1v) is 4.07. The van der Waals surface area contributed by atoms with Gasteiger partial charge in [0.05, 0.1) is 6.61 Å². The monoisotopic (exact) mass is 173 g/mol. The molecule has 2 N–H and O–H groups in total. The number of aliphatic carboxylic acids is 1. The van der Waals surface area contributed by atoms with Crippen LogP contribution in [0.15, 0.2) is 0 Å². The normalized spacial score (nSPS) is 21.8. The summed E-state index contributed by atoms with van der Waals surface area (Å²) in [7, 11) is 1.51. The number of hydrogen-bond donors (Lipinski definition) is 2. The average molecular weight is 173 g/mol. The van der Waals surface area contributed by atoms with Crippen LogP contribution in [-0.4, -0.2) is 36.4 Å². The minimum atomic E-state index is -0.843. The molecule has 1 aliphatic carbocycles. The van der Waals surface area contributed by atoms with Gasteiger partial charge in [-0.1, -0.05) is 0 Å². The molecular weight excluding hydrogens is 158 g/mol. The van der Waals surface area contributed by atoms with Gasteiger partial charge in [0.15, 0.2) is 0 Å². The van der Waals surface area contributed by atoms with E-state index < -0.39 is 12.0 Å². The molecule has 1 aliphatic rings. The van der Waals surface area contributed by atoms with Crippen molar-refractivity contribution in [2.24, 2.45) is 0 Å². The third-order valence-corrected chi connectivity index (χ3v) is 2.15. The zero-order chi connectivity index (χ0) is 9.19. The lowest BCUT2D eigenvalue weighted by molar-refractivity contribution is -0.141. The molecule has 0 aromatic heterocycles. The first kappa shape index (κ1) is 9.48. The van der Waals surface area contributed by atoms with Crippen LogP contribution in [0.3, 0.4) is 0 Å². The number of hydrogen-bond acceptors (Lipinski definition) is 3. The van der Waals surface area contributed by atoms with E-state index in [2.05, 4.69) is 5.32 Å². The maximum absolute atomic E-state index is 10.7. The first-order valence-electron chi connectivity index (χ1n) is 4.07. The molecule has 0 radical (unpaired) electrons. The maximum Gasteiger partial charge on any atom is 0.323 e. The van der Waals surface area contributed by atoms with Crippen LogP contribution in [-0.2, 0) is 9.53 Å². The van der Waals surface area contributed by atoms with Gasteiger partial charge in [0, 0.05) is 12.6 Å². The van der Waals surface area contributed by atoms with Crippen molar-refractivity contribution in [2.75, 3.05) is 13.7 Å². The second kappa shape index (κ2) is 3.41. The van der Waals surface area contributed by atoms with Crippen LogP contribution < -0.4 is 5.32 Å². The summed E-state index contributed by atoms with van der Waals surface area (Å²) in [6.45, 7) is 2.25. The van der Waals surface area contributed by atoms with E-state index in [1.165, 1.54) is 7.11 Å². The molecule has 1 saturated carbocycles. The van der Waals surface area contributed by atoms with E-state index >= 15 is 0 Å². The predicted molar refractivity (Wildman–Crippen MR) is 44.1 cm³/mol. The zero-order valence-corrected chi connectivity index (χ0v) is 7.46. The number of ether oxygens (including phenoxy) is 1. The summed E-state index contributed by atoms with van der Waals surface area (Å²) in [5, 5.41) is 11.8. The van der Waals surface area contributed by atoms with Gasteiger partial charge in [0.25, 0.3) is 0 Å². The molecule has 1 unspecified atom stereocenters. The molecule has 1 fully saturated rings. The van der Waals surface area contributed by atoms with Crippen molar-refractivity contribution in [3.8, 4) is 0 Å². The van der Waals surface area contributed by atoms with Crippen molar-refractivity contribution in [3.63, 3.8) is 0 Å². The number of methoxy groups -OCH3 is 1. The smallest absolute Gasteiger partial charge is 0.323 e. The van der Waals surface area contributed by atoms with Crippen molar-refractivity contribution in [2.45, 2.75) is 31.3 Å². The van der Waals surface area contributed by atoms with E-state index in [0.29, 0.717) is 0 Å². The fourth-order valence-electron chi connectivity index (χ4n) is 1.09. The lowest BCUT2D eigenvalue weighted by Gasteiger charge is -2.18. The Morgan fingerprint density at radius 3 is 2.67 bits per heavy atom.